The van der Waals surface area contributed by atoms with E-state index in [-0.39, 0.29) is 5.41 Å². The maximum Gasteiger partial charge on any atom is 0.145 e. The Morgan fingerprint density at radius 2 is 1.09 bits per heavy atom. The van der Waals surface area contributed by atoms with Crippen LogP contribution in [0.3, 0.4) is 0 Å². The molecule has 13 aromatic rings. The second kappa shape index (κ2) is 14.4. The van der Waals surface area contributed by atoms with Gasteiger partial charge >= 0.3 is 0 Å². The molecule has 3 nitrogen and oxygen atoms in total. The molecule has 0 fully saturated rings. The fourth-order valence-corrected chi connectivity index (χ4v) is 12.3. The maximum absolute atomic E-state index is 7.01. The average molecular weight is 875 g/mol. The molecule has 3 aromatic heterocycles. The number of aromatic nitrogens is 1. The second-order valence-corrected chi connectivity index (χ2v) is 19.5. The first-order chi connectivity index (χ1) is 33.0. The maximum atomic E-state index is 7.01. The van der Waals surface area contributed by atoms with E-state index in [4.69, 9.17) is 4.42 Å². The SMILES string of the molecule is CC1(C)c2ccccc2-c2ccc(-c3ccc(N(c4ccc5sc6ccccc6c5c4)c4ccc5c(oc6ccccc65)c4-c4cccc(-n5c6ccccc6c6ccccc65)c4)cc3)cc21. The molecule has 0 atom stereocenters. The van der Waals surface area contributed by atoms with Crippen LogP contribution in [0, 0.1) is 0 Å². The van der Waals surface area contributed by atoms with Crippen LogP contribution < -0.4 is 4.90 Å². The fraction of sp³-hybridized carbons (Fsp3) is 0.0476. The molecule has 0 N–H and O–H groups in total. The van der Waals surface area contributed by atoms with Crippen molar-refractivity contribution in [2.45, 2.75) is 19.3 Å². The van der Waals surface area contributed by atoms with E-state index in [0.29, 0.717) is 0 Å². The van der Waals surface area contributed by atoms with Gasteiger partial charge in [0.1, 0.15) is 11.2 Å². The van der Waals surface area contributed by atoms with Crippen molar-refractivity contribution in [3.63, 3.8) is 0 Å². The van der Waals surface area contributed by atoms with E-state index in [1.165, 1.54) is 75.4 Å². The topological polar surface area (TPSA) is 21.3 Å². The molecule has 4 heteroatoms. The third-order valence-corrected chi connectivity index (χ3v) is 15.6. The molecule has 0 saturated heterocycles. The first-order valence-corrected chi connectivity index (χ1v) is 23.9. The zero-order valence-corrected chi connectivity index (χ0v) is 37.8. The molecule has 1 aliphatic carbocycles. The molecule has 0 radical (unpaired) electrons. The van der Waals surface area contributed by atoms with Gasteiger partial charge in [0.25, 0.3) is 0 Å². The van der Waals surface area contributed by atoms with Gasteiger partial charge in [-0.15, -0.1) is 11.3 Å². The van der Waals surface area contributed by atoms with Crippen LogP contribution in [0.4, 0.5) is 17.1 Å². The summed E-state index contributed by atoms with van der Waals surface area (Å²) in [7, 11) is 0. The van der Waals surface area contributed by atoms with Crippen LogP contribution in [0.5, 0.6) is 0 Å². The number of anilines is 3. The lowest BCUT2D eigenvalue weighted by Gasteiger charge is -2.28. The molecule has 0 saturated carbocycles. The molecule has 14 rings (SSSR count). The first-order valence-electron chi connectivity index (χ1n) is 23.1. The number of fused-ring (bicyclic) bond motifs is 12. The minimum Gasteiger partial charge on any atom is -0.455 e. The summed E-state index contributed by atoms with van der Waals surface area (Å²) in [6.45, 7) is 4.70. The molecule has 0 aliphatic heterocycles. The highest BCUT2D eigenvalue weighted by molar-refractivity contribution is 7.25. The number of furan rings is 1. The first kappa shape index (κ1) is 38.1. The highest BCUT2D eigenvalue weighted by Crippen LogP contribution is 2.51. The van der Waals surface area contributed by atoms with Crippen molar-refractivity contribution in [1.29, 1.82) is 0 Å². The van der Waals surface area contributed by atoms with Crippen molar-refractivity contribution in [1.82, 2.24) is 4.57 Å². The van der Waals surface area contributed by atoms with Crippen LogP contribution >= 0.6 is 11.3 Å². The number of thiophene rings is 1. The Kier molecular flexibility index (Phi) is 8.20. The summed E-state index contributed by atoms with van der Waals surface area (Å²) in [5.41, 5.74) is 18.2. The normalized spacial score (nSPS) is 13.0. The molecule has 0 unspecified atom stereocenters. The second-order valence-electron chi connectivity index (χ2n) is 18.4. The van der Waals surface area contributed by atoms with Gasteiger partial charge in [-0.1, -0.05) is 147 Å². The fourth-order valence-electron chi connectivity index (χ4n) is 11.2. The van der Waals surface area contributed by atoms with Gasteiger partial charge in [-0.3, -0.25) is 0 Å². The van der Waals surface area contributed by atoms with E-state index in [0.717, 1.165) is 55.8 Å². The van der Waals surface area contributed by atoms with E-state index < -0.39 is 0 Å². The predicted molar refractivity (Wildman–Crippen MR) is 284 cm³/mol. The molecular weight excluding hydrogens is 833 g/mol. The van der Waals surface area contributed by atoms with Gasteiger partial charge in [0.2, 0.25) is 0 Å². The van der Waals surface area contributed by atoms with Crippen LogP contribution in [0.1, 0.15) is 25.0 Å². The third kappa shape index (κ3) is 5.70. The van der Waals surface area contributed by atoms with Crippen molar-refractivity contribution >= 4 is 92.3 Å². The zero-order chi connectivity index (χ0) is 44.4. The Hall–Kier alpha value is -8.18. The average Bonchev–Trinajstić information content (AvgIpc) is 4.11. The van der Waals surface area contributed by atoms with Gasteiger partial charge in [-0.2, -0.15) is 0 Å². The van der Waals surface area contributed by atoms with Crippen LogP contribution in [0.25, 0.3) is 103 Å². The highest BCUT2D eigenvalue weighted by Gasteiger charge is 2.35. The smallest absolute Gasteiger partial charge is 0.145 e. The Labute approximate surface area is 392 Å². The Balaban J connectivity index is 0.993. The molecule has 67 heavy (non-hydrogen) atoms. The molecule has 1 aliphatic rings. The Morgan fingerprint density at radius 1 is 0.433 bits per heavy atom. The van der Waals surface area contributed by atoms with Crippen molar-refractivity contribution in [3.8, 4) is 39.1 Å². The Bertz CT molecular complexity index is 4090. The van der Waals surface area contributed by atoms with Crippen molar-refractivity contribution in [3.05, 3.63) is 230 Å². The number of benzene rings is 10. The van der Waals surface area contributed by atoms with Crippen molar-refractivity contribution in [2.75, 3.05) is 4.90 Å². The van der Waals surface area contributed by atoms with Crippen LogP contribution in [-0.4, -0.2) is 4.57 Å². The molecule has 0 bridgehead atoms. The summed E-state index contributed by atoms with van der Waals surface area (Å²) in [5.74, 6) is 0. The van der Waals surface area contributed by atoms with Crippen molar-refractivity contribution < 1.29 is 4.42 Å². The van der Waals surface area contributed by atoms with E-state index in [1.54, 1.807) is 0 Å². The number of hydrogen-bond acceptors (Lipinski definition) is 3. The summed E-state index contributed by atoms with van der Waals surface area (Å²) in [6, 6.07) is 80.2. The van der Waals surface area contributed by atoms with Gasteiger partial charge in [-0.05, 0) is 124 Å². The zero-order valence-electron chi connectivity index (χ0n) is 37.0. The number of hydrogen-bond donors (Lipinski definition) is 0. The largest absolute Gasteiger partial charge is 0.455 e. The number of rotatable bonds is 6. The lowest BCUT2D eigenvalue weighted by Crippen LogP contribution is -2.14. The van der Waals surface area contributed by atoms with Gasteiger partial charge in [-0.25, -0.2) is 0 Å². The minimum absolute atomic E-state index is 0.0757. The minimum atomic E-state index is -0.0757. The summed E-state index contributed by atoms with van der Waals surface area (Å²) < 4.78 is 12.0. The van der Waals surface area contributed by atoms with E-state index in [2.05, 4.69) is 242 Å². The predicted octanol–water partition coefficient (Wildman–Crippen LogP) is 18.2. The van der Waals surface area contributed by atoms with Gasteiger partial charge < -0.3 is 13.9 Å². The van der Waals surface area contributed by atoms with Gasteiger partial charge in [0, 0.05) is 69.8 Å². The number of para-hydroxylation sites is 3. The summed E-state index contributed by atoms with van der Waals surface area (Å²) in [6.07, 6.45) is 0. The summed E-state index contributed by atoms with van der Waals surface area (Å²) in [5, 5.41) is 7.19. The summed E-state index contributed by atoms with van der Waals surface area (Å²) in [4.78, 5) is 2.44. The molecule has 3 heterocycles. The summed E-state index contributed by atoms with van der Waals surface area (Å²) >= 11 is 1.85. The quantitative estimate of drug-likeness (QED) is 0.166. The molecule has 0 amide bonds. The van der Waals surface area contributed by atoms with E-state index in [1.807, 2.05) is 11.3 Å². The van der Waals surface area contributed by atoms with Crippen LogP contribution in [0.2, 0.25) is 0 Å². The van der Waals surface area contributed by atoms with Gasteiger partial charge in [0.15, 0.2) is 0 Å². The van der Waals surface area contributed by atoms with E-state index in [9.17, 15) is 0 Å². The van der Waals surface area contributed by atoms with Crippen molar-refractivity contribution in [2.24, 2.45) is 0 Å². The van der Waals surface area contributed by atoms with Gasteiger partial charge in [0.05, 0.1) is 16.7 Å². The lowest BCUT2D eigenvalue weighted by molar-refractivity contribution is 0.660. The third-order valence-electron chi connectivity index (χ3n) is 14.4. The number of nitrogens with zero attached hydrogens (tertiary/aromatic N) is 2. The standard InChI is InChI=1S/C63H42N2OS/c1-63(2)53-21-8-3-16-45(53)46-32-28-40(37-54(46)63)39-26-29-42(30-27-39)64(44-31-35-60-52(38-44)50-20-7-12-25-59(50)67-60)57-34-33-51-49-19-6-11-24-58(49)66-62(51)61(57)41-14-13-15-43(36-41)65-55-22-9-4-17-47(55)48-18-5-10-23-56(48)65/h3-38H,1-2H3. The molecule has 0 spiro atoms. The van der Waals surface area contributed by atoms with Crippen LogP contribution in [-0.2, 0) is 5.41 Å². The van der Waals surface area contributed by atoms with E-state index >= 15 is 0 Å². The monoisotopic (exact) mass is 874 g/mol. The molecule has 316 valence electrons. The molecular formula is C63H42N2OS. The highest BCUT2D eigenvalue weighted by atomic mass is 32.1. The van der Waals surface area contributed by atoms with Crippen LogP contribution in [0.15, 0.2) is 223 Å². The lowest BCUT2D eigenvalue weighted by atomic mass is 9.81. The molecule has 10 aromatic carbocycles. The Morgan fingerprint density at radius 3 is 1.91 bits per heavy atom.